The molecule has 0 aliphatic carbocycles. The molecule has 0 saturated heterocycles. The number of ether oxygens (including phenoxy) is 2. The molecule has 0 saturated carbocycles. The minimum absolute atomic E-state index is 0.00357. The number of rotatable bonds is 8. The Morgan fingerprint density at radius 2 is 1.88 bits per heavy atom. The predicted molar refractivity (Wildman–Crippen MR) is 128 cm³/mol. The first-order chi connectivity index (χ1) is 16.6. The molecule has 3 aromatic rings. The number of carbonyl (C=O) groups is 1. The summed E-state index contributed by atoms with van der Waals surface area (Å²) in [5.74, 6) is 4.02. The number of benzene rings is 2. The summed E-state index contributed by atoms with van der Waals surface area (Å²) in [4.78, 5) is 14.8. The number of nitrogens with zero attached hydrogens (tertiary/aromatic N) is 4. The van der Waals surface area contributed by atoms with Gasteiger partial charge in [0, 0.05) is 32.6 Å². The quantitative estimate of drug-likeness (QED) is 0.555. The highest BCUT2D eigenvalue weighted by Crippen LogP contribution is 2.33. The SMILES string of the molecule is C[C@@H](Cc1ccc2c(c1)OCO2)CN1CCc2nnc(CNC(=O)Cc3ccccc3)n2CC1. The Bertz CT molecular complexity index is 1130. The number of fused-ring (bicyclic) bond motifs is 2. The van der Waals surface area contributed by atoms with E-state index in [2.05, 4.69) is 44.0 Å². The number of hydrogen-bond donors (Lipinski definition) is 1. The molecule has 2 aromatic carbocycles. The van der Waals surface area contributed by atoms with Gasteiger partial charge in [-0.15, -0.1) is 10.2 Å². The summed E-state index contributed by atoms with van der Waals surface area (Å²) < 4.78 is 13.1. The van der Waals surface area contributed by atoms with E-state index in [-0.39, 0.29) is 5.91 Å². The first-order valence-corrected chi connectivity index (χ1v) is 12.0. The van der Waals surface area contributed by atoms with E-state index in [1.165, 1.54) is 5.56 Å². The molecule has 3 heterocycles. The third kappa shape index (κ3) is 5.39. The van der Waals surface area contributed by atoms with Crippen LogP contribution in [0.5, 0.6) is 11.5 Å². The van der Waals surface area contributed by atoms with E-state index in [4.69, 9.17) is 9.47 Å². The van der Waals surface area contributed by atoms with Crippen molar-refractivity contribution in [3.05, 3.63) is 71.3 Å². The third-order valence-corrected chi connectivity index (χ3v) is 6.44. The fraction of sp³-hybridized carbons (Fsp3) is 0.423. The van der Waals surface area contributed by atoms with Gasteiger partial charge in [0.25, 0.3) is 0 Å². The minimum atomic E-state index is -0.00357. The van der Waals surface area contributed by atoms with Crippen molar-refractivity contribution >= 4 is 5.91 Å². The molecule has 0 radical (unpaired) electrons. The lowest BCUT2D eigenvalue weighted by Crippen LogP contribution is -2.32. The summed E-state index contributed by atoms with van der Waals surface area (Å²) in [5, 5.41) is 11.7. The zero-order valence-corrected chi connectivity index (χ0v) is 19.6. The Morgan fingerprint density at radius 3 is 2.76 bits per heavy atom. The highest BCUT2D eigenvalue weighted by atomic mass is 16.7. The first kappa shape index (κ1) is 22.4. The average molecular weight is 462 g/mol. The first-order valence-electron chi connectivity index (χ1n) is 12.0. The summed E-state index contributed by atoms with van der Waals surface area (Å²) in [5.41, 5.74) is 2.28. The van der Waals surface area contributed by atoms with Gasteiger partial charge in [-0.3, -0.25) is 4.79 Å². The Morgan fingerprint density at radius 1 is 1.03 bits per heavy atom. The summed E-state index contributed by atoms with van der Waals surface area (Å²) >= 11 is 0. The van der Waals surface area contributed by atoms with Crippen molar-refractivity contribution in [1.29, 1.82) is 0 Å². The lowest BCUT2D eigenvalue weighted by Gasteiger charge is -2.24. The Kier molecular flexibility index (Phi) is 6.76. The molecule has 1 amide bonds. The van der Waals surface area contributed by atoms with Crippen LogP contribution in [-0.2, 0) is 37.1 Å². The molecule has 0 unspecified atom stereocenters. The Balaban J connectivity index is 1.11. The van der Waals surface area contributed by atoms with Crippen LogP contribution in [-0.4, -0.2) is 52.0 Å². The fourth-order valence-corrected chi connectivity index (χ4v) is 4.74. The molecule has 8 heteroatoms. The fourth-order valence-electron chi connectivity index (χ4n) is 4.74. The molecule has 34 heavy (non-hydrogen) atoms. The largest absolute Gasteiger partial charge is 0.454 e. The second-order valence-corrected chi connectivity index (χ2v) is 9.17. The van der Waals surface area contributed by atoms with Crippen LogP contribution >= 0.6 is 0 Å². The second kappa shape index (κ2) is 10.3. The van der Waals surface area contributed by atoms with Crippen LogP contribution in [0, 0.1) is 5.92 Å². The maximum Gasteiger partial charge on any atom is 0.231 e. The molecule has 2 aliphatic rings. The maximum absolute atomic E-state index is 12.3. The molecule has 0 fully saturated rings. The Labute approximate surface area is 199 Å². The molecule has 2 aliphatic heterocycles. The topological polar surface area (TPSA) is 81.5 Å². The van der Waals surface area contributed by atoms with Gasteiger partial charge in [-0.2, -0.15) is 0 Å². The lowest BCUT2D eigenvalue weighted by molar-refractivity contribution is -0.120. The number of hydrogen-bond acceptors (Lipinski definition) is 6. The number of amides is 1. The van der Waals surface area contributed by atoms with Gasteiger partial charge in [0.2, 0.25) is 12.7 Å². The molecule has 0 spiro atoms. The van der Waals surface area contributed by atoms with E-state index in [0.29, 0.717) is 25.7 Å². The van der Waals surface area contributed by atoms with E-state index in [1.54, 1.807) is 0 Å². The van der Waals surface area contributed by atoms with Crippen molar-refractivity contribution in [1.82, 2.24) is 25.0 Å². The van der Waals surface area contributed by atoms with E-state index in [9.17, 15) is 4.79 Å². The number of aromatic nitrogens is 3. The van der Waals surface area contributed by atoms with Crippen molar-refractivity contribution in [2.45, 2.75) is 39.3 Å². The normalized spacial score (nSPS) is 16.0. The van der Waals surface area contributed by atoms with Gasteiger partial charge < -0.3 is 24.3 Å². The highest BCUT2D eigenvalue weighted by Gasteiger charge is 2.21. The van der Waals surface area contributed by atoms with Gasteiger partial charge in [0.05, 0.1) is 13.0 Å². The standard InChI is InChI=1S/C26H31N5O3/c1-19(13-21-7-8-22-23(14-21)34-18-33-22)17-30-10-9-24-28-29-25(31(24)12-11-30)16-27-26(32)15-20-5-3-2-4-6-20/h2-8,14,19H,9-13,15-18H2,1H3,(H,27,32)/t19-/m0/s1. The molecule has 1 aromatic heterocycles. The van der Waals surface area contributed by atoms with Crippen LogP contribution in [0.3, 0.4) is 0 Å². The molecule has 0 bridgehead atoms. The van der Waals surface area contributed by atoms with Crippen molar-refractivity contribution < 1.29 is 14.3 Å². The molecule has 5 rings (SSSR count). The third-order valence-electron chi connectivity index (χ3n) is 6.44. The summed E-state index contributed by atoms with van der Waals surface area (Å²) in [6.45, 7) is 6.78. The average Bonchev–Trinajstić information content (AvgIpc) is 3.41. The van der Waals surface area contributed by atoms with Crippen LogP contribution in [0.1, 0.15) is 29.7 Å². The molecular formula is C26H31N5O3. The van der Waals surface area contributed by atoms with E-state index in [1.807, 2.05) is 36.4 Å². The van der Waals surface area contributed by atoms with Gasteiger partial charge in [-0.05, 0) is 35.6 Å². The molecule has 178 valence electrons. The zero-order valence-electron chi connectivity index (χ0n) is 19.6. The van der Waals surface area contributed by atoms with Crippen LogP contribution < -0.4 is 14.8 Å². The number of carbonyl (C=O) groups excluding carboxylic acids is 1. The lowest BCUT2D eigenvalue weighted by atomic mass is 10.00. The molecule has 1 N–H and O–H groups in total. The van der Waals surface area contributed by atoms with Crippen molar-refractivity contribution in [3.8, 4) is 11.5 Å². The van der Waals surface area contributed by atoms with Gasteiger partial charge in [0.1, 0.15) is 5.82 Å². The maximum atomic E-state index is 12.3. The van der Waals surface area contributed by atoms with Crippen LogP contribution in [0.4, 0.5) is 0 Å². The van der Waals surface area contributed by atoms with E-state index < -0.39 is 0 Å². The summed E-state index contributed by atoms with van der Waals surface area (Å²) in [6.07, 6.45) is 2.23. The van der Waals surface area contributed by atoms with Crippen LogP contribution in [0.25, 0.3) is 0 Å². The predicted octanol–water partition coefficient (Wildman–Crippen LogP) is 2.60. The van der Waals surface area contributed by atoms with E-state index >= 15 is 0 Å². The summed E-state index contributed by atoms with van der Waals surface area (Å²) in [7, 11) is 0. The van der Waals surface area contributed by atoms with Gasteiger partial charge >= 0.3 is 0 Å². The highest BCUT2D eigenvalue weighted by molar-refractivity contribution is 5.78. The summed E-state index contributed by atoms with van der Waals surface area (Å²) in [6, 6.07) is 16.0. The van der Waals surface area contributed by atoms with Crippen LogP contribution in [0.15, 0.2) is 48.5 Å². The van der Waals surface area contributed by atoms with Crippen molar-refractivity contribution in [2.75, 3.05) is 26.4 Å². The van der Waals surface area contributed by atoms with Gasteiger partial charge in [0.15, 0.2) is 17.3 Å². The minimum Gasteiger partial charge on any atom is -0.454 e. The molecule has 8 nitrogen and oxygen atoms in total. The monoisotopic (exact) mass is 461 g/mol. The van der Waals surface area contributed by atoms with Gasteiger partial charge in [-0.25, -0.2) is 0 Å². The van der Waals surface area contributed by atoms with Crippen molar-refractivity contribution in [2.24, 2.45) is 5.92 Å². The van der Waals surface area contributed by atoms with Gasteiger partial charge in [-0.1, -0.05) is 43.3 Å². The molecule has 1 atom stereocenters. The number of nitrogens with one attached hydrogen (secondary N) is 1. The van der Waals surface area contributed by atoms with E-state index in [0.717, 1.165) is 67.7 Å². The molecular weight excluding hydrogens is 430 g/mol. The zero-order chi connectivity index (χ0) is 23.3. The van der Waals surface area contributed by atoms with Crippen LogP contribution in [0.2, 0.25) is 0 Å². The Hall–Kier alpha value is -3.39. The second-order valence-electron chi connectivity index (χ2n) is 9.17. The van der Waals surface area contributed by atoms with Crippen molar-refractivity contribution in [3.63, 3.8) is 0 Å². The smallest absolute Gasteiger partial charge is 0.231 e.